The molecule has 2 rings (SSSR count). The molecule has 2 amide bonds. The molecule has 0 saturated carbocycles. The number of allylic oxidation sites excluding steroid dienone is 2. The van der Waals surface area contributed by atoms with Crippen LogP contribution in [-0.4, -0.2) is 54.1 Å². The van der Waals surface area contributed by atoms with E-state index in [1.807, 2.05) is 30.3 Å². The molecule has 0 saturated heterocycles. The Labute approximate surface area is 230 Å². The highest BCUT2D eigenvalue weighted by Gasteiger charge is 2.24. The lowest BCUT2D eigenvalue weighted by Gasteiger charge is -2.24. The van der Waals surface area contributed by atoms with Crippen LogP contribution in [0.3, 0.4) is 0 Å². The number of esters is 1. The Morgan fingerprint density at radius 1 is 1.00 bits per heavy atom. The van der Waals surface area contributed by atoms with Gasteiger partial charge in [0.2, 0.25) is 11.8 Å². The highest BCUT2D eigenvalue weighted by atomic mass is 19.1. The third-order valence-electron chi connectivity index (χ3n) is 6.28. The van der Waals surface area contributed by atoms with Gasteiger partial charge in [-0.15, -0.1) is 13.2 Å². The summed E-state index contributed by atoms with van der Waals surface area (Å²) in [6, 6.07) is 15.4. The molecule has 0 fully saturated rings. The lowest BCUT2D eigenvalue weighted by molar-refractivity contribution is -0.149. The molecule has 39 heavy (non-hydrogen) atoms. The zero-order chi connectivity index (χ0) is 28.5. The number of carbonyl (C=O) groups excluding carboxylic acids is 3. The quantitative estimate of drug-likeness (QED) is 0.168. The molecule has 2 atom stereocenters. The van der Waals surface area contributed by atoms with Crippen molar-refractivity contribution in [1.82, 2.24) is 10.2 Å². The summed E-state index contributed by atoms with van der Waals surface area (Å²) in [6.45, 7) is 7.80. The molecule has 2 aromatic rings. The molecule has 0 aliphatic carbocycles. The number of hydrogen-bond donors (Lipinski definition) is 2. The minimum absolute atomic E-state index is 0.0159. The average molecular weight is 539 g/mol. The molecule has 2 N–H and O–H groups in total. The fourth-order valence-corrected chi connectivity index (χ4v) is 4.16. The molecule has 0 unspecified atom stereocenters. The van der Waals surface area contributed by atoms with Crippen LogP contribution in [0.15, 0.2) is 79.9 Å². The van der Waals surface area contributed by atoms with E-state index in [2.05, 4.69) is 18.5 Å². The molecule has 0 aromatic heterocycles. The zero-order valence-corrected chi connectivity index (χ0v) is 22.4. The van der Waals surface area contributed by atoms with Crippen molar-refractivity contribution in [2.75, 3.05) is 26.3 Å². The average Bonchev–Trinajstić information content (AvgIpc) is 2.94. The minimum atomic E-state index is -0.638. The fraction of sp³-hybridized carbons (Fsp3) is 0.387. The lowest BCUT2D eigenvalue weighted by Crippen LogP contribution is -2.39. The van der Waals surface area contributed by atoms with E-state index in [0.29, 0.717) is 32.2 Å². The first kappa shape index (κ1) is 31.4. The predicted octanol–water partition coefficient (Wildman–Crippen LogP) is 4.21. The van der Waals surface area contributed by atoms with Gasteiger partial charge in [0.25, 0.3) is 0 Å². The molecular formula is C31H39FN2O5. The smallest absolute Gasteiger partial charge is 0.309 e. The van der Waals surface area contributed by atoms with Gasteiger partial charge < -0.3 is 20.1 Å². The van der Waals surface area contributed by atoms with Crippen LogP contribution in [0.5, 0.6) is 0 Å². The molecule has 8 heteroatoms. The number of hydrogen-bond acceptors (Lipinski definition) is 5. The van der Waals surface area contributed by atoms with Gasteiger partial charge in [0, 0.05) is 19.5 Å². The van der Waals surface area contributed by atoms with Gasteiger partial charge in [-0.25, -0.2) is 4.39 Å². The van der Waals surface area contributed by atoms with E-state index in [0.717, 1.165) is 11.1 Å². The molecule has 0 heterocycles. The second kappa shape index (κ2) is 17.7. The number of carbonyl (C=O) groups is 3. The molecule has 0 aliphatic rings. The molecule has 0 aliphatic heterocycles. The van der Waals surface area contributed by atoms with Crippen molar-refractivity contribution in [2.45, 2.75) is 38.6 Å². The van der Waals surface area contributed by atoms with Gasteiger partial charge in [0.1, 0.15) is 12.4 Å². The van der Waals surface area contributed by atoms with Crippen molar-refractivity contribution in [3.05, 3.63) is 96.9 Å². The molecular weight excluding hydrogens is 499 g/mol. The molecule has 7 nitrogen and oxygen atoms in total. The fourth-order valence-electron chi connectivity index (χ4n) is 4.16. The van der Waals surface area contributed by atoms with Crippen LogP contribution in [0.1, 0.15) is 36.8 Å². The number of aliphatic hydroxyl groups is 1. The Bertz CT molecular complexity index is 1060. The number of amides is 2. The number of ether oxygens (including phenoxy) is 1. The SMILES string of the molecule is C=CCC[C@@H](Cc1ccc(F)cc1)C(=O)OCCNC(=O)[C@@H](CC=C)CC(=O)N(CCO)Cc1ccccc1. The van der Waals surface area contributed by atoms with Gasteiger partial charge >= 0.3 is 5.97 Å². The van der Waals surface area contributed by atoms with E-state index < -0.39 is 17.8 Å². The van der Waals surface area contributed by atoms with Crippen molar-refractivity contribution in [3.8, 4) is 0 Å². The summed E-state index contributed by atoms with van der Waals surface area (Å²) >= 11 is 0. The summed E-state index contributed by atoms with van der Waals surface area (Å²) in [5.74, 6) is -2.37. The maximum absolute atomic E-state index is 13.2. The summed E-state index contributed by atoms with van der Waals surface area (Å²) in [5, 5.41) is 12.2. The largest absolute Gasteiger partial charge is 0.464 e. The Hall–Kier alpha value is -3.78. The highest BCUT2D eigenvalue weighted by molar-refractivity contribution is 5.86. The third kappa shape index (κ3) is 11.7. The van der Waals surface area contributed by atoms with E-state index in [1.54, 1.807) is 24.3 Å². The number of nitrogens with one attached hydrogen (secondary N) is 1. The second-order valence-electron chi connectivity index (χ2n) is 9.30. The van der Waals surface area contributed by atoms with Gasteiger partial charge in [-0.05, 0) is 48.9 Å². The van der Waals surface area contributed by atoms with Crippen LogP contribution in [-0.2, 0) is 32.1 Å². The van der Waals surface area contributed by atoms with Gasteiger partial charge in [-0.2, -0.15) is 0 Å². The summed E-state index contributed by atoms with van der Waals surface area (Å²) in [5.41, 5.74) is 1.76. The topological polar surface area (TPSA) is 95.9 Å². The van der Waals surface area contributed by atoms with E-state index in [-0.39, 0.29) is 50.4 Å². The Morgan fingerprint density at radius 3 is 2.36 bits per heavy atom. The van der Waals surface area contributed by atoms with Crippen molar-refractivity contribution in [3.63, 3.8) is 0 Å². The second-order valence-corrected chi connectivity index (χ2v) is 9.30. The molecule has 0 spiro atoms. The minimum Gasteiger partial charge on any atom is -0.464 e. The zero-order valence-electron chi connectivity index (χ0n) is 22.4. The van der Waals surface area contributed by atoms with Gasteiger partial charge in [-0.3, -0.25) is 14.4 Å². The first-order valence-corrected chi connectivity index (χ1v) is 13.2. The number of nitrogens with zero attached hydrogens (tertiary/aromatic N) is 1. The maximum atomic E-state index is 13.2. The van der Waals surface area contributed by atoms with Crippen LogP contribution in [0.2, 0.25) is 0 Å². The predicted molar refractivity (Wildman–Crippen MR) is 149 cm³/mol. The molecule has 0 radical (unpaired) electrons. The molecule has 210 valence electrons. The van der Waals surface area contributed by atoms with Gasteiger partial charge in [0.05, 0.1) is 25.0 Å². The Morgan fingerprint density at radius 2 is 1.72 bits per heavy atom. The number of rotatable bonds is 18. The Balaban J connectivity index is 1.87. The number of benzene rings is 2. The lowest BCUT2D eigenvalue weighted by atomic mass is 9.95. The number of aliphatic hydroxyl groups excluding tert-OH is 1. The summed E-state index contributed by atoms with van der Waals surface area (Å²) in [7, 11) is 0. The van der Waals surface area contributed by atoms with E-state index in [1.165, 1.54) is 17.0 Å². The van der Waals surface area contributed by atoms with Crippen molar-refractivity contribution in [1.29, 1.82) is 0 Å². The van der Waals surface area contributed by atoms with Crippen molar-refractivity contribution >= 4 is 17.8 Å². The van der Waals surface area contributed by atoms with Crippen molar-refractivity contribution in [2.24, 2.45) is 11.8 Å². The standard InChI is InChI=1S/C31H39FN2O5/c1-3-5-12-27(21-24-13-15-28(32)16-14-24)31(38)39-20-17-33-30(37)26(9-4-2)22-29(36)34(18-19-35)23-25-10-7-6-8-11-25/h3-4,6-8,10-11,13-16,26-27,35H,1-2,5,9,12,17-23H2,(H,33,37)/t26-,27-/m0/s1. The summed E-state index contributed by atoms with van der Waals surface area (Å²) in [6.07, 6.45) is 5.17. The van der Waals surface area contributed by atoms with Gasteiger partial charge in [0.15, 0.2) is 0 Å². The van der Waals surface area contributed by atoms with Crippen LogP contribution >= 0.6 is 0 Å². The normalized spacial score (nSPS) is 12.2. The maximum Gasteiger partial charge on any atom is 0.309 e. The van der Waals surface area contributed by atoms with Crippen molar-refractivity contribution < 1.29 is 28.6 Å². The van der Waals surface area contributed by atoms with E-state index >= 15 is 0 Å². The van der Waals surface area contributed by atoms with Crippen LogP contribution in [0.25, 0.3) is 0 Å². The monoisotopic (exact) mass is 538 g/mol. The first-order valence-electron chi connectivity index (χ1n) is 13.2. The van der Waals surface area contributed by atoms with Crippen LogP contribution < -0.4 is 5.32 Å². The third-order valence-corrected chi connectivity index (χ3v) is 6.28. The van der Waals surface area contributed by atoms with Crippen LogP contribution in [0, 0.1) is 17.7 Å². The summed E-state index contributed by atoms with van der Waals surface area (Å²) < 4.78 is 18.6. The van der Waals surface area contributed by atoms with Gasteiger partial charge in [-0.1, -0.05) is 54.6 Å². The molecule has 2 aromatic carbocycles. The van der Waals surface area contributed by atoms with E-state index in [9.17, 15) is 23.9 Å². The van der Waals surface area contributed by atoms with E-state index in [4.69, 9.17) is 4.74 Å². The summed E-state index contributed by atoms with van der Waals surface area (Å²) in [4.78, 5) is 40.1. The highest BCUT2D eigenvalue weighted by Crippen LogP contribution is 2.18. The first-order chi connectivity index (χ1) is 18.9. The molecule has 0 bridgehead atoms. The Kier molecular flexibility index (Phi) is 14.2. The number of halogens is 1. The van der Waals surface area contributed by atoms with Crippen LogP contribution in [0.4, 0.5) is 4.39 Å².